The van der Waals surface area contributed by atoms with Crippen LogP contribution in [0.4, 0.5) is 5.69 Å². The molecule has 0 aliphatic carbocycles. The molecular weight excluding hydrogens is 308 g/mol. The topological polar surface area (TPSA) is 54.4 Å². The number of benzene rings is 2. The highest BCUT2D eigenvalue weighted by Gasteiger charge is 2.05. The van der Waals surface area contributed by atoms with E-state index in [9.17, 15) is 5.11 Å². The van der Waals surface area contributed by atoms with E-state index in [0.717, 1.165) is 27.7 Å². The Morgan fingerprint density at radius 3 is 2.65 bits per heavy atom. The number of aliphatic hydroxyl groups excluding tert-OH is 1. The summed E-state index contributed by atoms with van der Waals surface area (Å²) in [6, 6.07) is 17.4. The quantitative estimate of drug-likeness (QED) is 0.693. The molecule has 3 rings (SSSR count). The maximum atomic E-state index is 9.33. The average Bonchev–Trinajstić information content (AvgIpc) is 3.07. The van der Waals surface area contributed by atoms with Crippen molar-refractivity contribution in [3.8, 4) is 5.75 Å². The molecule has 5 heteroatoms. The summed E-state index contributed by atoms with van der Waals surface area (Å²) in [6.45, 7) is 1.12. The molecule has 0 aliphatic rings. The van der Waals surface area contributed by atoms with Crippen molar-refractivity contribution in [3.63, 3.8) is 0 Å². The second-order valence-electron chi connectivity index (χ2n) is 5.00. The van der Waals surface area contributed by atoms with Crippen molar-refractivity contribution in [3.05, 3.63) is 76.2 Å². The molecular formula is C18H18N2O2S. The normalized spacial score (nSPS) is 10.5. The van der Waals surface area contributed by atoms with Gasteiger partial charge in [0.25, 0.3) is 0 Å². The summed E-state index contributed by atoms with van der Waals surface area (Å²) < 4.78 is 5.70. The summed E-state index contributed by atoms with van der Waals surface area (Å²) in [5, 5.41) is 15.6. The Balaban J connectivity index is 1.55. The number of para-hydroxylation sites is 2. The monoisotopic (exact) mass is 326 g/mol. The third-order valence-corrected chi connectivity index (χ3v) is 4.22. The van der Waals surface area contributed by atoms with Gasteiger partial charge in [0.05, 0.1) is 18.8 Å². The van der Waals surface area contributed by atoms with Crippen LogP contribution in [0.5, 0.6) is 5.75 Å². The lowest BCUT2D eigenvalue weighted by Gasteiger charge is -2.08. The molecule has 0 amide bonds. The Bertz CT molecular complexity index is 744. The molecule has 0 aliphatic heterocycles. The number of ether oxygens (including phenoxy) is 1. The SMILES string of the molecule is OCc1ccccc1NCc1csc(COc2ccccc2)n1. The molecule has 4 nitrogen and oxygen atoms in total. The summed E-state index contributed by atoms with van der Waals surface area (Å²) in [4.78, 5) is 4.56. The summed E-state index contributed by atoms with van der Waals surface area (Å²) in [5.41, 5.74) is 2.79. The van der Waals surface area contributed by atoms with E-state index in [4.69, 9.17) is 4.74 Å². The number of aromatic nitrogens is 1. The minimum atomic E-state index is 0.0242. The molecule has 1 heterocycles. The molecule has 0 saturated heterocycles. The highest BCUT2D eigenvalue weighted by molar-refractivity contribution is 7.09. The molecule has 2 N–H and O–H groups in total. The molecule has 0 fully saturated rings. The van der Waals surface area contributed by atoms with Crippen LogP contribution in [-0.4, -0.2) is 10.1 Å². The van der Waals surface area contributed by atoms with Gasteiger partial charge in [-0.25, -0.2) is 4.98 Å². The zero-order valence-corrected chi connectivity index (χ0v) is 13.4. The van der Waals surface area contributed by atoms with E-state index in [-0.39, 0.29) is 6.61 Å². The highest BCUT2D eigenvalue weighted by Crippen LogP contribution is 2.18. The second-order valence-corrected chi connectivity index (χ2v) is 5.95. The second kappa shape index (κ2) is 7.76. The van der Waals surface area contributed by atoms with E-state index in [1.807, 2.05) is 60.0 Å². The van der Waals surface area contributed by atoms with E-state index in [2.05, 4.69) is 10.3 Å². The summed E-state index contributed by atoms with van der Waals surface area (Å²) in [6.07, 6.45) is 0. The maximum absolute atomic E-state index is 9.33. The number of hydrogen-bond acceptors (Lipinski definition) is 5. The van der Waals surface area contributed by atoms with Crippen LogP contribution in [0.3, 0.4) is 0 Å². The number of rotatable bonds is 7. The number of nitrogens with zero attached hydrogens (tertiary/aromatic N) is 1. The number of thiazole rings is 1. The largest absolute Gasteiger partial charge is 0.486 e. The van der Waals surface area contributed by atoms with Crippen LogP contribution in [0.25, 0.3) is 0 Å². The Kier molecular flexibility index (Phi) is 5.24. The van der Waals surface area contributed by atoms with Crippen molar-refractivity contribution in [2.24, 2.45) is 0 Å². The molecule has 0 saturated carbocycles. The van der Waals surface area contributed by atoms with Crippen LogP contribution in [0.1, 0.15) is 16.3 Å². The first-order valence-corrected chi connectivity index (χ1v) is 8.27. The van der Waals surface area contributed by atoms with Gasteiger partial charge in [-0.15, -0.1) is 11.3 Å². The molecule has 2 aromatic carbocycles. The van der Waals surface area contributed by atoms with Crippen LogP contribution in [-0.2, 0) is 19.8 Å². The zero-order valence-electron chi connectivity index (χ0n) is 12.6. The van der Waals surface area contributed by atoms with Gasteiger partial charge in [-0.2, -0.15) is 0 Å². The van der Waals surface area contributed by atoms with Crippen molar-refractivity contribution in [1.82, 2.24) is 4.98 Å². The van der Waals surface area contributed by atoms with Crippen LogP contribution in [0, 0.1) is 0 Å². The first-order chi connectivity index (χ1) is 11.3. The standard InChI is InChI=1S/C18H18N2O2S/c21-11-14-6-4-5-9-17(14)19-10-15-13-23-18(20-15)12-22-16-7-2-1-3-8-16/h1-9,13,19,21H,10-12H2. The van der Waals surface area contributed by atoms with Crippen molar-refractivity contribution in [2.45, 2.75) is 19.8 Å². The fraction of sp³-hybridized carbons (Fsp3) is 0.167. The smallest absolute Gasteiger partial charge is 0.140 e. The highest BCUT2D eigenvalue weighted by atomic mass is 32.1. The number of hydrogen-bond donors (Lipinski definition) is 2. The number of nitrogens with one attached hydrogen (secondary N) is 1. The van der Waals surface area contributed by atoms with Crippen molar-refractivity contribution in [1.29, 1.82) is 0 Å². The van der Waals surface area contributed by atoms with Gasteiger partial charge in [0, 0.05) is 16.6 Å². The minimum Gasteiger partial charge on any atom is -0.486 e. The number of aliphatic hydroxyl groups is 1. The minimum absolute atomic E-state index is 0.0242. The summed E-state index contributed by atoms with van der Waals surface area (Å²) in [5.74, 6) is 0.847. The third-order valence-electron chi connectivity index (χ3n) is 3.35. The van der Waals surface area contributed by atoms with Gasteiger partial charge in [0.15, 0.2) is 0 Å². The Morgan fingerprint density at radius 2 is 1.83 bits per heavy atom. The van der Waals surface area contributed by atoms with E-state index < -0.39 is 0 Å². The van der Waals surface area contributed by atoms with E-state index in [1.54, 1.807) is 11.3 Å². The van der Waals surface area contributed by atoms with Gasteiger partial charge in [-0.1, -0.05) is 36.4 Å². The van der Waals surface area contributed by atoms with E-state index in [0.29, 0.717) is 13.2 Å². The summed E-state index contributed by atoms with van der Waals surface area (Å²) >= 11 is 1.59. The van der Waals surface area contributed by atoms with Gasteiger partial charge in [-0.05, 0) is 18.2 Å². The molecule has 0 unspecified atom stereocenters. The van der Waals surface area contributed by atoms with Gasteiger partial charge in [0.1, 0.15) is 17.4 Å². The fourth-order valence-electron chi connectivity index (χ4n) is 2.17. The van der Waals surface area contributed by atoms with Crippen molar-refractivity contribution in [2.75, 3.05) is 5.32 Å². The maximum Gasteiger partial charge on any atom is 0.140 e. The molecule has 23 heavy (non-hydrogen) atoms. The van der Waals surface area contributed by atoms with Crippen LogP contribution in [0.2, 0.25) is 0 Å². The summed E-state index contributed by atoms with van der Waals surface area (Å²) in [7, 11) is 0. The van der Waals surface area contributed by atoms with Gasteiger partial charge >= 0.3 is 0 Å². The van der Waals surface area contributed by atoms with Crippen LogP contribution in [0.15, 0.2) is 60.0 Å². The first-order valence-electron chi connectivity index (χ1n) is 7.39. The molecule has 118 valence electrons. The first kappa shape index (κ1) is 15.5. The lowest BCUT2D eigenvalue weighted by atomic mass is 10.2. The van der Waals surface area contributed by atoms with Crippen LogP contribution >= 0.6 is 11.3 Å². The predicted molar refractivity (Wildman–Crippen MR) is 92.6 cm³/mol. The molecule has 0 radical (unpaired) electrons. The lowest BCUT2D eigenvalue weighted by molar-refractivity contribution is 0.282. The Labute approximate surface area is 139 Å². The van der Waals surface area contributed by atoms with Gasteiger partial charge < -0.3 is 15.2 Å². The molecule has 0 spiro atoms. The Hall–Kier alpha value is -2.37. The number of anilines is 1. The van der Waals surface area contributed by atoms with Gasteiger partial charge in [-0.3, -0.25) is 0 Å². The molecule has 0 bridgehead atoms. The predicted octanol–water partition coefficient (Wildman–Crippen LogP) is 3.83. The van der Waals surface area contributed by atoms with Gasteiger partial charge in [0.2, 0.25) is 0 Å². The molecule has 1 aromatic heterocycles. The molecule has 3 aromatic rings. The third kappa shape index (κ3) is 4.31. The van der Waals surface area contributed by atoms with E-state index >= 15 is 0 Å². The van der Waals surface area contributed by atoms with Crippen LogP contribution < -0.4 is 10.1 Å². The van der Waals surface area contributed by atoms with Crippen molar-refractivity contribution >= 4 is 17.0 Å². The average molecular weight is 326 g/mol. The molecule has 0 atom stereocenters. The zero-order chi connectivity index (χ0) is 15.9. The Morgan fingerprint density at radius 1 is 1.04 bits per heavy atom. The lowest BCUT2D eigenvalue weighted by Crippen LogP contribution is -2.03. The fourth-order valence-corrected chi connectivity index (χ4v) is 2.88. The van der Waals surface area contributed by atoms with Crippen molar-refractivity contribution < 1.29 is 9.84 Å². The van der Waals surface area contributed by atoms with E-state index in [1.165, 1.54) is 0 Å².